The standard InChI is InChI=1S/C16H11FNO3.C5H5.Fe/c17-13-7-5-11(6-8-13)15-9-14(21-18-15)10-20-16(19)12-3-1-2-4-12;1-2-4-5-3-1;/h1-9H,10H2;1-5H;/q;;+3. The van der Waals surface area contributed by atoms with Crippen LogP contribution in [0.25, 0.3) is 11.3 Å². The summed E-state index contributed by atoms with van der Waals surface area (Å²) in [5.74, 6) is 0.188. The fraction of sp³-hybridized carbons (Fsp3) is 0.0476. The summed E-state index contributed by atoms with van der Waals surface area (Å²) in [6.45, 7) is -0.00178. The molecule has 2 aliphatic rings. The van der Waals surface area contributed by atoms with Crippen molar-refractivity contribution in [2.45, 2.75) is 6.61 Å². The molecule has 2 aromatic rings. The number of carbonyl (C=O) groups excluding carboxylic acids is 1. The van der Waals surface area contributed by atoms with E-state index in [-0.39, 0.29) is 29.5 Å². The maximum absolute atomic E-state index is 12.9. The van der Waals surface area contributed by atoms with E-state index in [1.54, 1.807) is 43.9 Å². The Balaban J connectivity index is 0.000000379. The minimum absolute atomic E-state index is 0. The maximum atomic E-state index is 12.9. The van der Waals surface area contributed by atoms with Crippen molar-refractivity contribution in [3.05, 3.63) is 106 Å². The maximum Gasteiger partial charge on any atom is 3.00 e. The minimum Gasteiger partial charge on any atom is -0.457 e. The normalized spacial score (nSPS) is 16.3. The fourth-order valence-electron chi connectivity index (χ4n) is 2.19. The summed E-state index contributed by atoms with van der Waals surface area (Å²) in [6, 6.07) is 7.56. The van der Waals surface area contributed by atoms with Gasteiger partial charge in [-0.15, -0.1) is 0 Å². The monoisotopic (exact) mass is 405 g/mol. The molecule has 0 bridgehead atoms. The molecular formula is C21H16FFeNO3+3. The molecule has 0 saturated heterocycles. The summed E-state index contributed by atoms with van der Waals surface area (Å²) in [5, 5.41) is 3.87. The Morgan fingerprint density at radius 2 is 1.56 bits per heavy atom. The minimum atomic E-state index is -0.417. The molecule has 1 aromatic heterocycles. The first-order valence-corrected chi connectivity index (χ1v) is 7.99. The van der Waals surface area contributed by atoms with Crippen LogP contribution in [0.1, 0.15) is 5.76 Å². The molecule has 4 nitrogen and oxygen atoms in total. The van der Waals surface area contributed by atoms with E-state index in [0.717, 1.165) is 5.56 Å². The summed E-state index contributed by atoms with van der Waals surface area (Å²) in [4.78, 5) is 11.7. The zero-order valence-electron chi connectivity index (χ0n) is 14.2. The number of esters is 1. The van der Waals surface area contributed by atoms with Crippen LogP contribution in [-0.2, 0) is 33.2 Å². The number of aromatic nitrogens is 1. The zero-order chi connectivity index (χ0) is 18.2. The summed E-state index contributed by atoms with van der Waals surface area (Å²) < 4.78 is 23.1. The van der Waals surface area contributed by atoms with E-state index in [0.29, 0.717) is 17.4 Å². The predicted molar refractivity (Wildman–Crippen MR) is 93.6 cm³/mol. The summed E-state index contributed by atoms with van der Waals surface area (Å²) in [6.07, 6.45) is 16.9. The van der Waals surface area contributed by atoms with Crippen molar-refractivity contribution in [2.24, 2.45) is 0 Å². The molecule has 1 heterocycles. The van der Waals surface area contributed by atoms with Crippen molar-refractivity contribution in [3.63, 3.8) is 0 Å². The number of carbonyl (C=O) groups is 1. The average Bonchev–Trinajstić information content (AvgIpc) is 3.45. The fourth-order valence-corrected chi connectivity index (χ4v) is 2.19. The van der Waals surface area contributed by atoms with Gasteiger partial charge >= 0.3 is 23.0 Å². The van der Waals surface area contributed by atoms with Crippen molar-refractivity contribution in [1.82, 2.24) is 5.16 Å². The van der Waals surface area contributed by atoms with E-state index in [4.69, 9.17) is 9.26 Å². The van der Waals surface area contributed by atoms with Gasteiger partial charge in [0.15, 0.2) is 12.4 Å². The first-order valence-electron chi connectivity index (χ1n) is 7.99. The number of hydrogen-bond acceptors (Lipinski definition) is 4. The number of rotatable bonds is 4. The Hall–Kier alpha value is -1.65. The molecule has 1 aromatic carbocycles. The van der Waals surface area contributed by atoms with E-state index in [2.05, 4.69) is 5.16 Å². The molecule has 2 saturated carbocycles. The van der Waals surface area contributed by atoms with Crippen molar-refractivity contribution in [2.75, 3.05) is 0 Å². The van der Waals surface area contributed by atoms with Gasteiger partial charge in [-0.3, -0.25) is 4.79 Å². The van der Waals surface area contributed by atoms with Crippen molar-refractivity contribution >= 4 is 5.97 Å². The van der Waals surface area contributed by atoms with Crippen molar-refractivity contribution in [1.29, 1.82) is 0 Å². The molecule has 6 heteroatoms. The number of benzene rings is 1. The number of nitrogens with zero attached hydrogens (tertiary/aromatic N) is 1. The third-order valence-electron chi connectivity index (χ3n) is 3.50. The van der Waals surface area contributed by atoms with E-state index < -0.39 is 5.97 Å². The second-order valence-electron chi connectivity index (χ2n) is 5.40. The smallest absolute Gasteiger partial charge is 0.457 e. The molecule has 0 atom stereocenters. The molecule has 0 unspecified atom stereocenters. The quantitative estimate of drug-likeness (QED) is 0.571. The Labute approximate surface area is 170 Å². The number of halogens is 1. The van der Waals surface area contributed by atoms with Crippen molar-refractivity contribution < 1.29 is 35.5 Å². The largest absolute Gasteiger partial charge is 3.00 e. The van der Waals surface area contributed by atoms with Gasteiger partial charge in [0, 0.05) is 11.6 Å². The number of hydrogen-bond donors (Lipinski definition) is 0. The van der Waals surface area contributed by atoms with Crippen LogP contribution in [0.3, 0.4) is 0 Å². The third-order valence-corrected chi connectivity index (χ3v) is 3.50. The Bertz CT molecular complexity index is 684. The average molecular weight is 405 g/mol. The van der Waals surface area contributed by atoms with E-state index in [1.807, 2.05) is 32.1 Å². The van der Waals surface area contributed by atoms with Gasteiger partial charge in [-0.05, 0) is 82.1 Å². The Kier molecular flexibility index (Phi) is 9.02. The Morgan fingerprint density at radius 1 is 0.963 bits per heavy atom. The van der Waals surface area contributed by atoms with Gasteiger partial charge in [0.25, 0.3) is 0 Å². The summed E-state index contributed by atoms with van der Waals surface area (Å²) >= 11 is 0. The van der Waals surface area contributed by atoms with Gasteiger partial charge in [-0.25, -0.2) is 4.39 Å². The van der Waals surface area contributed by atoms with Crippen LogP contribution in [-0.4, -0.2) is 11.1 Å². The van der Waals surface area contributed by atoms with Gasteiger partial charge in [0.05, 0.1) is 5.92 Å². The van der Waals surface area contributed by atoms with E-state index in [9.17, 15) is 9.18 Å². The van der Waals surface area contributed by atoms with Crippen LogP contribution >= 0.6 is 0 Å². The van der Waals surface area contributed by atoms with Crippen LogP contribution in [0.15, 0.2) is 34.9 Å². The molecule has 135 valence electrons. The second kappa shape index (κ2) is 11.3. The molecule has 11 radical (unpaired) electrons. The van der Waals surface area contributed by atoms with Crippen LogP contribution in [0.5, 0.6) is 0 Å². The molecule has 0 N–H and O–H groups in total. The molecule has 27 heavy (non-hydrogen) atoms. The van der Waals surface area contributed by atoms with Gasteiger partial charge in [-0.1, -0.05) is 5.16 Å². The topological polar surface area (TPSA) is 52.3 Å². The predicted octanol–water partition coefficient (Wildman–Crippen LogP) is 3.95. The van der Waals surface area contributed by atoms with Gasteiger partial charge in [0.2, 0.25) is 0 Å². The van der Waals surface area contributed by atoms with Crippen LogP contribution in [0.2, 0.25) is 0 Å². The molecule has 0 amide bonds. The van der Waals surface area contributed by atoms with Gasteiger partial charge < -0.3 is 9.26 Å². The van der Waals surface area contributed by atoms with Gasteiger partial charge in [-0.2, -0.15) is 0 Å². The van der Waals surface area contributed by atoms with Crippen molar-refractivity contribution in [3.8, 4) is 11.3 Å². The first kappa shape index (κ1) is 21.6. The molecule has 2 fully saturated rings. The third kappa shape index (κ3) is 6.78. The molecule has 4 rings (SSSR count). The van der Waals surface area contributed by atoms with Crippen LogP contribution < -0.4 is 0 Å². The first-order chi connectivity index (χ1) is 12.7. The number of ether oxygens (including phenoxy) is 1. The molecule has 2 aliphatic carbocycles. The molecule has 0 spiro atoms. The Morgan fingerprint density at radius 3 is 2.15 bits per heavy atom. The SMILES string of the molecule is O=C(OCc1cc(-c2ccc(F)cc2)no1)[C]1[CH][CH][CH][CH]1.[CH]1[CH][CH][CH][CH]1.[Fe+3]. The van der Waals surface area contributed by atoms with Crippen LogP contribution in [0.4, 0.5) is 4.39 Å². The zero-order valence-corrected chi connectivity index (χ0v) is 15.3. The summed E-state index contributed by atoms with van der Waals surface area (Å²) in [7, 11) is 0. The van der Waals surface area contributed by atoms with Gasteiger partial charge in [0.1, 0.15) is 11.5 Å². The van der Waals surface area contributed by atoms with Crippen LogP contribution in [0, 0.1) is 69.5 Å². The molecular weight excluding hydrogens is 389 g/mol. The van der Waals surface area contributed by atoms with E-state index in [1.165, 1.54) is 12.1 Å². The summed E-state index contributed by atoms with van der Waals surface area (Å²) in [5.41, 5.74) is 1.29. The van der Waals surface area contributed by atoms with E-state index >= 15 is 0 Å². The molecule has 0 aliphatic heterocycles. The second-order valence-corrected chi connectivity index (χ2v) is 5.40.